The molecule has 0 aliphatic rings. The van der Waals surface area contributed by atoms with Crippen LogP contribution in [0, 0.1) is 12.7 Å². The number of amides is 2. The van der Waals surface area contributed by atoms with E-state index in [1.54, 1.807) is 50.2 Å². The second-order valence-electron chi connectivity index (χ2n) is 6.68. The number of anilines is 1. The molecule has 144 valence electrons. The number of primary amides is 1. The molecule has 1 aromatic heterocycles. The molecular formula is C21H20FN3O3. The molecule has 1 heterocycles. The zero-order valence-corrected chi connectivity index (χ0v) is 15.5. The van der Waals surface area contributed by atoms with Crippen molar-refractivity contribution in [1.29, 1.82) is 0 Å². The molecule has 0 aliphatic carbocycles. The van der Waals surface area contributed by atoms with Crippen molar-refractivity contribution in [2.75, 3.05) is 5.32 Å². The number of nitrogens with two attached hydrogens (primary N) is 1. The average molecular weight is 381 g/mol. The molecule has 0 aliphatic heterocycles. The molecule has 6 nitrogen and oxygen atoms in total. The molecule has 28 heavy (non-hydrogen) atoms. The van der Waals surface area contributed by atoms with Gasteiger partial charge in [-0.15, -0.1) is 0 Å². The standard InChI is InChI=1S/C21H20FN3O3/c1-12-10-14(6-7-17(12)22)11-19(26)24-18-5-3-4-16-15(18)8-9-25(21(16)28)13(2)20(23)27/h3-10,13H,11H2,1-2H3,(H2,23,27)(H,24,26)/t13-/m1/s1. The topological polar surface area (TPSA) is 94.2 Å². The second-order valence-corrected chi connectivity index (χ2v) is 6.68. The molecule has 3 aromatic rings. The minimum atomic E-state index is -0.781. The lowest BCUT2D eigenvalue weighted by atomic mass is 10.1. The van der Waals surface area contributed by atoms with Gasteiger partial charge in [0.25, 0.3) is 5.56 Å². The maximum absolute atomic E-state index is 13.4. The highest BCUT2D eigenvalue weighted by atomic mass is 19.1. The number of nitrogens with zero attached hydrogens (tertiary/aromatic N) is 1. The van der Waals surface area contributed by atoms with E-state index < -0.39 is 11.9 Å². The number of pyridine rings is 1. The van der Waals surface area contributed by atoms with Crippen molar-refractivity contribution in [3.05, 3.63) is 76.0 Å². The lowest BCUT2D eigenvalue weighted by molar-refractivity contribution is -0.120. The molecule has 0 radical (unpaired) electrons. The summed E-state index contributed by atoms with van der Waals surface area (Å²) in [6.07, 6.45) is 1.56. The third kappa shape index (κ3) is 3.78. The first kappa shape index (κ1) is 19.3. The molecule has 2 amide bonds. The lowest BCUT2D eigenvalue weighted by Crippen LogP contribution is -2.31. The summed E-state index contributed by atoms with van der Waals surface area (Å²) in [5.41, 5.74) is 6.57. The smallest absolute Gasteiger partial charge is 0.259 e. The van der Waals surface area contributed by atoms with Crippen LogP contribution >= 0.6 is 0 Å². The average Bonchev–Trinajstić information content (AvgIpc) is 2.65. The largest absolute Gasteiger partial charge is 0.368 e. The van der Waals surface area contributed by atoms with Crippen LogP contribution < -0.4 is 16.6 Å². The molecule has 2 aromatic carbocycles. The van der Waals surface area contributed by atoms with Gasteiger partial charge < -0.3 is 15.6 Å². The van der Waals surface area contributed by atoms with Crippen molar-refractivity contribution in [3.63, 3.8) is 0 Å². The normalized spacial score (nSPS) is 12.0. The van der Waals surface area contributed by atoms with Crippen molar-refractivity contribution in [2.45, 2.75) is 26.3 Å². The molecule has 0 saturated heterocycles. The Balaban J connectivity index is 1.90. The van der Waals surface area contributed by atoms with Gasteiger partial charge in [-0.2, -0.15) is 0 Å². The van der Waals surface area contributed by atoms with Gasteiger partial charge in [-0.25, -0.2) is 4.39 Å². The van der Waals surface area contributed by atoms with E-state index in [-0.39, 0.29) is 23.7 Å². The Kier molecular flexibility index (Phi) is 5.26. The number of hydrogen-bond acceptors (Lipinski definition) is 3. The van der Waals surface area contributed by atoms with E-state index in [1.807, 2.05) is 0 Å². The van der Waals surface area contributed by atoms with E-state index in [2.05, 4.69) is 5.32 Å². The van der Waals surface area contributed by atoms with E-state index in [0.717, 1.165) is 0 Å². The van der Waals surface area contributed by atoms with Gasteiger partial charge in [0.2, 0.25) is 11.8 Å². The van der Waals surface area contributed by atoms with Gasteiger partial charge in [0.1, 0.15) is 11.9 Å². The summed E-state index contributed by atoms with van der Waals surface area (Å²) in [5.74, 6) is -1.21. The number of aryl methyl sites for hydroxylation is 1. The lowest BCUT2D eigenvalue weighted by Gasteiger charge is -2.14. The fourth-order valence-electron chi connectivity index (χ4n) is 3.04. The predicted molar refractivity (Wildman–Crippen MR) is 106 cm³/mol. The number of aromatic nitrogens is 1. The van der Waals surface area contributed by atoms with Crippen LogP contribution in [0.5, 0.6) is 0 Å². The Morgan fingerprint density at radius 2 is 1.93 bits per heavy atom. The van der Waals surface area contributed by atoms with Gasteiger partial charge in [-0.1, -0.05) is 18.2 Å². The first-order valence-corrected chi connectivity index (χ1v) is 8.76. The first-order chi connectivity index (χ1) is 13.3. The Bertz CT molecular complexity index is 1140. The Labute approximate surface area is 160 Å². The van der Waals surface area contributed by atoms with Crippen LogP contribution in [0.1, 0.15) is 24.1 Å². The number of carbonyl (C=O) groups is 2. The van der Waals surface area contributed by atoms with E-state index >= 15 is 0 Å². The van der Waals surface area contributed by atoms with Crippen molar-refractivity contribution < 1.29 is 14.0 Å². The summed E-state index contributed by atoms with van der Waals surface area (Å²) >= 11 is 0. The van der Waals surface area contributed by atoms with Gasteiger partial charge in [0, 0.05) is 22.7 Å². The maximum atomic E-state index is 13.4. The minimum absolute atomic E-state index is 0.0767. The second kappa shape index (κ2) is 7.64. The summed E-state index contributed by atoms with van der Waals surface area (Å²) in [6, 6.07) is 10.4. The fourth-order valence-corrected chi connectivity index (χ4v) is 3.04. The minimum Gasteiger partial charge on any atom is -0.368 e. The molecule has 0 spiro atoms. The van der Waals surface area contributed by atoms with Crippen LogP contribution in [-0.4, -0.2) is 16.4 Å². The predicted octanol–water partition coefficient (Wildman–Crippen LogP) is 2.68. The monoisotopic (exact) mass is 381 g/mol. The van der Waals surface area contributed by atoms with Gasteiger partial charge in [-0.05, 0) is 49.2 Å². The summed E-state index contributed by atoms with van der Waals surface area (Å²) in [7, 11) is 0. The number of halogens is 1. The van der Waals surface area contributed by atoms with Crippen LogP contribution in [-0.2, 0) is 16.0 Å². The van der Waals surface area contributed by atoms with E-state index in [1.165, 1.54) is 16.8 Å². The van der Waals surface area contributed by atoms with Crippen molar-refractivity contribution in [2.24, 2.45) is 5.73 Å². The van der Waals surface area contributed by atoms with Gasteiger partial charge in [0.05, 0.1) is 6.42 Å². The molecule has 0 fully saturated rings. The highest BCUT2D eigenvalue weighted by Crippen LogP contribution is 2.22. The molecule has 0 saturated carbocycles. The SMILES string of the molecule is Cc1cc(CC(=O)Nc2cccc3c(=O)n([C@H](C)C(N)=O)ccc23)ccc1F. The third-order valence-corrected chi connectivity index (χ3v) is 4.66. The van der Waals surface area contributed by atoms with Gasteiger partial charge >= 0.3 is 0 Å². The number of fused-ring (bicyclic) bond motifs is 1. The van der Waals surface area contributed by atoms with E-state index in [9.17, 15) is 18.8 Å². The third-order valence-electron chi connectivity index (χ3n) is 4.66. The molecule has 7 heteroatoms. The van der Waals surface area contributed by atoms with Crippen LogP contribution in [0.25, 0.3) is 10.8 Å². The number of benzene rings is 2. The van der Waals surface area contributed by atoms with Crippen LogP contribution in [0.4, 0.5) is 10.1 Å². The summed E-state index contributed by atoms with van der Waals surface area (Å²) in [4.78, 5) is 36.5. The zero-order chi connectivity index (χ0) is 20.4. The summed E-state index contributed by atoms with van der Waals surface area (Å²) in [6.45, 7) is 3.19. The number of rotatable bonds is 5. The molecule has 3 rings (SSSR count). The highest BCUT2D eigenvalue weighted by molar-refractivity contribution is 6.02. The summed E-state index contributed by atoms with van der Waals surface area (Å²) in [5, 5.41) is 3.72. The Morgan fingerprint density at radius 3 is 2.61 bits per heavy atom. The molecule has 3 N–H and O–H groups in total. The molecule has 0 unspecified atom stereocenters. The van der Waals surface area contributed by atoms with Crippen LogP contribution in [0.2, 0.25) is 0 Å². The fraction of sp³-hybridized carbons (Fsp3) is 0.190. The molecule has 1 atom stereocenters. The number of nitrogens with one attached hydrogen (secondary N) is 1. The zero-order valence-electron chi connectivity index (χ0n) is 15.5. The van der Waals surface area contributed by atoms with Crippen molar-refractivity contribution >= 4 is 28.3 Å². The quantitative estimate of drug-likeness (QED) is 0.711. The van der Waals surface area contributed by atoms with E-state index in [0.29, 0.717) is 27.6 Å². The molecular weight excluding hydrogens is 361 g/mol. The highest BCUT2D eigenvalue weighted by Gasteiger charge is 2.15. The Morgan fingerprint density at radius 1 is 1.18 bits per heavy atom. The Hall–Kier alpha value is -3.48. The maximum Gasteiger partial charge on any atom is 0.259 e. The van der Waals surface area contributed by atoms with E-state index in [4.69, 9.17) is 5.73 Å². The van der Waals surface area contributed by atoms with Crippen LogP contribution in [0.15, 0.2) is 53.5 Å². The van der Waals surface area contributed by atoms with Crippen molar-refractivity contribution in [1.82, 2.24) is 4.57 Å². The number of hydrogen-bond donors (Lipinski definition) is 2. The number of carbonyl (C=O) groups excluding carboxylic acids is 2. The van der Waals surface area contributed by atoms with Crippen molar-refractivity contribution in [3.8, 4) is 0 Å². The molecule has 0 bridgehead atoms. The van der Waals surface area contributed by atoms with Crippen LogP contribution in [0.3, 0.4) is 0 Å². The van der Waals surface area contributed by atoms with Gasteiger partial charge in [-0.3, -0.25) is 14.4 Å². The first-order valence-electron chi connectivity index (χ1n) is 8.76. The van der Waals surface area contributed by atoms with Gasteiger partial charge in [0.15, 0.2) is 0 Å². The summed E-state index contributed by atoms with van der Waals surface area (Å²) < 4.78 is 14.6.